The molecule has 0 aliphatic carbocycles. The number of thiophene rings is 1. The van der Waals surface area contributed by atoms with Crippen LogP contribution in [0.2, 0.25) is 5.02 Å². The van der Waals surface area contributed by atoms with Gasteiger partial charge in [0.2, 0.25) is 0 Å². The highest BCUT2D eigenvalue weighted by atomic mass is 35.5. The average molecular weight is 352 g/mol. The predicted molar refractivity (Wildman–Crippen MR) is 94.5 cm³/mol. The normalized spacial score (nSPS) is 11.2. The molecule has 3 rings (SSSR count). The number of nitrogens with zero attached hydrogens (tertiary/aromatic N) is 2. The Morgan fingerprint density at radius 2 is 2.09 bits per heavy atom. The van der Waals surface area contributed by atoms with Crippen LogP contribution >= 0.6 is 34.7 Å². The Morgan fingerprint density at radius 3 is 2.82 bits per heavy atom. The van der Waals surface area contributed by atoms with Crippen molar-refractivity contribution >= 4 is 44.9 Å². The molecule has 0 unspecified atom stereocenters. The Kier molecular flexibility index (Phi) is 4.16. The molecule has 0 amide bonds. The minimum atomic E-state index is -0.200. The molecule has 22 heavy (non-hydrogen) atoms. The second-order valence-corrected chi connectivity index (χ2v) is 7.47. The zero-order valence-corrected chi connectivity index (χ0v) is 14.5. The summed E-state index contributed by atoms with van der Waals surface area (Å²) in [6.07, 6.45) is 0. The van der Waals surface area contributed by atoms with E-state index in [-0.39, 0.29) is 5.56 Å². The van der Waals surface area contributed by atoms with E-state index in [0.29, 0.717) is 21.3 Å². The molecule has 0 aliphatic heterocycles. The van der Waals surface area contributed by atoms with Crippen molar-refractivity contribution in [2.45, 2.75) is 24.8 Å². The summed E-state index contributed by atoms with van der Waals surface area (Å²) in [5, 5.41) is 1.82. The molecular weight excluding hydrogens is 338 g/mol. The molecule has 0 spiro atoms. The summed E-state index contributed by atoms with van der Waals surface area (Å²) in [6, 6.07) is 7.61. The highest BCUT2D eigenvalue weighted by Gasteiger charge is 2.15. The van der Waals surface area contributed by atoms with Crippen LogP contribution < -0.4 is 11.4 Å². The summed E-state index contributed by atoms with van der Waals surface area (Å²) in [6.45, 7) is 3.91. The van der Waals surface area contributed by atoms with Crippen molar-refractivity contribution in [2.24, 2.45) is 0 Å². The molecule has 2 N–H and O–H groups in total. The van der Waals surface area contributed by atoms with Crippen molar-refractivity contribution < 1.29 is 0 Å². The molecule has 0 bridgehead atoms. The van der Waals surface area contributed by atoms with Crippen molar-refractivity contribution in [2.75, 3.05) is 5.84 Å². The molecule has 0 aliphatic rings. The summed E-state index contributed by atoms with van der Waals surface area (Å²) < 4.78 is 1.13. The maximum Gasteiger partial charge on any atom is 0.281 e. The minimum Gasteiger partial charge on any atom is -0.334 e. The summed E-state index contributed by atoms with van der Waals surface area (Å²) in [5.41, 5.74) is 1.75. The number of thioether (sulfide) groups is 1. The van der Waals surface area contributed by atoms with Crippen molar-refractivity contribution in [1.29, 1.82) is 0 Å². The van der Waals surface area contributed by atoms with Crippen molar-refractivity contribution in [3.05, 3.63) is 55.6 Å². The Labute approximate surface area is 140 Å². The third-order valence-electron chi connectivity index (χ3n) is 3.52. The van der Waals surface area contributed by atoms with E-state index >= 15 is 0 Å². The quantitative estimate of drug-likeness (QED) is 0.443. The summed E-state index contributed by atoms with van der Waals surface area (Å²) in [4.78, 5) is 18.8. The van der Waals surface area contributed by atoms with Crippen LogP contribution in [0.5, 0.6) is 0 Å². The highest BCUT2D eigenvalue weighted by molar-refractivity contribution is 7.98. The third kappa shape index (κ3) is 2.62. The fourth-order valence-corrected chi connectivity index (χ4v) is 4.42. The molecule has 0 saturated heterocycles. The van der Waals surface area contributed by atoms with E-state index in [1.807, 2.05) is 38.1 Å². The molecule has 0 atom stereocenters. The second kappa shape index (κ2) is 5.95. The Hall–Kier alpha value is -1.50. The van der Waals surface area contributed by atoms with Gasteiger partial charge in [0.1, 0.15) is 4.83 Å². The fourth-order valence-electron chi connectivity index (χ4n) is 2.15. The van der Waals surface area contributed by atoms with E-state index in [2.05, 4.69) is 4.98 Å². The van der Waals surface area contributed by atoms with Gasteiger partial charge in [0.25, 0.3) is 5.56 Å². The van der Waals surface area contributed by atoms with Crippen molar-refractivity contribution in [1.82, 2.24) is 9.66 Å². The number of hydrogen-bond acceptors (Lipinski definition) is 5. The number of rotatable bonds is 3. The minimum absolute atomic E-state index is 0.200. The van der Waals surface area contributed by atoms with Gasteiger partial charge in [-0.05, 0) is 31.0 Å². The Bertz CT molecular complexity index is 917. The molecule has 0 saturated carbocycles. The molecule has 0 fully saturated rings. The van der Waals surface area contributed by atoms with Crippen LogP contribution in [-0.4, -0.2) is 9.66 Å². The topological polar surface area (TPSA) is 60.9 Å². The highest BCUT2D eigenvalue weighted by Crippen LogP contribution is 2.29. The van der Waals surface area contributed by atoms with Gasteiger partial charge >= 0.3 is 0 Å². The number of aromatic nitrogens is 2. The lowest BCUT2D eigenvalue weighted by atomic mass is 10.2. The summed E-state index contributed by atoms with van der Waals surface area (Å²) in [5.74, 6) is 6.53. The summed E-state index contributed by atoms with van der Waals surface area (Å²) >= 11 is 9.08. The largest absolute Gasteiger partial charge is 0.334 e. The van der Waals surface area contributed by atoms with Gasteiger partial charge in [-0.3, -0.25) is 4.79 Å². The Balaban J connectivity index is 2.00. The van der Waals surface area contributed by atoms with Crippen LogP contribution in [0.15, 0.2) is 34.2 Å². The third-order valence-corrected chi connectivity index (χ3v) is 5.99. The predicted octanol–water partition coefficient (Wildman–Crippen LogP) is 3.73. The van der Waals surface area contributed by atoms with Gasteiger partial charge in [0.05, 0.1) is 5.39 Å². The monoisotopic (exact) mass is 351 g/mol. The van der Waals surface area contributed by atoms with Crippen LogP contribution in [0.3, 0.4) is 0 Å². The van der Waals surface area contributed by atoms with E-state index in [1.54, 1.807) is 0 Å². The maximum atomic E-state index is 12.4. The maximum absolute atomic E-state index is 12.4. The molecule has 3 aromatic rings. The van der Waals surface area contributed by atoms with Gasteiger partial charge in [-0.2, -0.15) is 0 Å². The van der Waals surface area contributed by atoms with Crippen LogP contribution in [0, 0.1) is 13.8 Å². The smallest absolute Gasteiger partial charge is 0.281 e. The zero-order valence-electron chi connectivity index (χ0n) is 12.1. The van der Waals surface area contributed by atoms with E-state index in [0.717, 1.165) is 25.5 Å². The lowest BCUT2D eigenvalue weighted by Crippen LogP contribution is -2.29. The SMILES string of the molecule is Cc1sc2nc(SCc3ccccc3Cl)n(N)c(=O)c2c1C. The molecule has 7 heteroatoms. The first kappa shape index (κ1) is 15.4. The van der Waals surface area contributed by atoms with Gasteiger partial charge in [-0.25, -0.2) is 9.66 Å². The molecule has 2 aromatic heterocycles. The molecule has 1 aromatic carbocycles. The van der Waals surface area contributed by atoms with Crippen LogP contribution in [0.1, 0.15) is 16.0 Å². The van der Waals surface area contributed by atoms with Gasteiger partial charge < -0.3 is 5.84 Å². The van der Waals surface area contributed by atoms with Crippen LogP contribution in [0.4, 0.5) is 0 Å². The van der Waals surface area contributed by atoms with E-state index < -0.39 is 0 Å². The fraction of sp³-hybridized carbons (Fsp3) is 0.200. The first-order valence-electron chi connectivity index (χ1n) is 6.63. The molecule has 4 nitrogen and oxygen atoms in total. The Morgan fingerprint density at radius 1 is 1.36 bits per heavy atom. The average Bonchev–Trinajstić information content (AvgIpc) is 2.78. The standard InChI is InChI=1S/C15H14ClN3OS2/c1-8-9(2)22-13-12(8)14(20)19(17)15(18-13)21-7-10-5-3-4-6-11(10)16/h3-6H,7,17H2,1-2H3. The number of halogens is 1. The van der Waals surface area contributed by atoms with Gasteiger partial charge in [0, 0.05) is 15.7 Å². The first-order valence-corrected chi connectivity index (χ1v) is 8.81. The number of nitrogens with two attached hydrogens (primary N) is 1. The lowest BCUT2D eigenvalue weighted by molar-refractivity contribution is 0.781. The van der Waals surface area contributed by atoms with Crippen molar-refractivity contribution in [3.8, 4) is 0 Å². The first-order chi connectivity index (χ1) is 10.5. The van der Waals surface area contributed by atoms with Crippen LogP contribution in [-0.2, 0) is 5.75 Å². The van der Waals surface area contributed by atoms with E-state index in [9.17, 15) is 4.79 Å². The lowest BCUT2D eigenvalue weighted by Gasteiger charge is -2.07. The summed E-state index contributed by atoms with van der Waals surface area (Å²) in [7, 11) is 0. The van der Waals surface area contributed by atoms with E-state index in [1.165, 1.54) is 23.1 Å². The number of hydrogen-bond donors (Lipinski definition) is 1. The number of fused-ring (bicyclic) bond motifs is 1. The molecule has 2 heterocycles. The molecule has 0 radical (unpaired) electrons. The van der Waals surface area contributed by atoms with E-state index in [4.69, 9.17) is 17.4 Å². The van der Waals surface area contributed by atoms with Crippen molar-refractivity contribution in [3.63, 3.8) is 0 Å². The number of aryl methyl sites for hydroxylation is 2. The number of benzene rings is 1. The van der Waals surface area contributed by atoms with Crippen LogP contribution in [0.25, 0.3) is 10.2 Å². The molecular formula is C15H14ClN3OS2. The van der Waals surface area contributed by atoms with Gasteiger partial charge in [0.15, 0.2) is 5.16 Å². The number of nitrogen functional groups attached to an aromatic ring is 1. The van der Waals surface area contributed by atoms with Gasteiger partial charge in [-0.1, -0.05) is 41.6 Å². The zero-order chi connectivity index (χ0) is 15.9. The van der Waals surface area contributed by atoms with Gasteiger partial charge in [-0.15, -0.1) is 11.3 Å². The molecule has 114 valence electrons. The second-order valence-electron chi connectivity index (χ2n) is 4.91.